The van der Waals surface area contributed by atoms with E-state index in [1.807, 2.05) is 6.07 Å². The van der Waals surface area contributed by atoms with Gasteiger partial charge >= 0.3 is 0 Å². The maximum Gasteiger partial charge on any atom is 0.269 e. The second-order valence-electron chi connectivity index (χ2n) is 3.92. The van der Waals surface area contributed by atoms with Gasteiger partial charge in [-0.25, -0.2) is 0 Å². The van der Waals surface area contributed by atoms with E-state index in [4.69, 9.17) is 0 Å². The van der Waals surface area contributed by atoms with Crippen LogP contribution in [0.3, 0.4) is 0 Å². The smallest absolute Gasteiger partial charge is 0.269 e. The summed E-state index contributed by atoms with van der Waals surface area (Å²) in [5.74, 6) is 0. The molecule has 2 rings (SSSR count). The molecular formula is C12H14N2O2. The van der Waals surface area contributed by atoms with Crippen molar-refractivity contribution in [3.05, 3.63) is 52.2 Å². The van der Waals surface area contributed by atoms with Gasteiger partial charge in [-0.15, -0.1) is 0 Å². The lowest BCUT2D eigenvalue weighted by atomic mass is 10.1. The minimum atomic E-state index is -0.352. The van der Waals surface area contributed by atoms with Crippen LogP contribution in [0, 0.1) is 10.1 Å². The van der Waals surface area contributed by atoms with Gasteiger partial charge in [0.2, 0.25) is 0 Å². The Morgan fingerprint density at radius 2 is 2.31 bits per heavy atom. The van der Waals surface area contributed by atoms with Crippen molar-refractivity contribution in [2.75, 3.05) is 6.54 Å². The van der Waals surface area contributed by atoms with Crippen LogP contribution in [0.2, 0.25) is 0 Å². The quantitative estimate of drug-likeness (QED) is 0.578. The lowest BCUT2D eigenvalue weighted by molar-refractivity contribution is -0.384. The van der Waals surface area contributed by atoms with Crippen molar-refractivity contribution in [1.29, 1.82) is 0 Å². The molecule has 16 heavy (non-hydrogen) atoms. The van der Waals surface area contributed by atoms with Crippen molar-refractivity contribution in [1.82, 2.24) is 4.90 Å². The molecular weight excluding hydrogens is 204 g/mol. The fraction of sp³-hybridized carbons (Fsp3) is 0.333. The van der Waals surface area contributed by atoms with Crippen molar-refractivity contribution in [3.63, 3.8) is 0 Å². The van der Waals surface area contributed by atoms with E-state index in [-0.39, 0.29) is 10.6 Å². The highest BCUT2D eigenvalue weighted by Gasteiger charge is 2.08. The Balaban J connectivity index is 2.08. The monoisotopic (exact) mass is 218 g/mol. The van der Waals surface area contributed by atoms with Gasteiger partial charge in [0.25, 0.3) is 5.69 Å². The van der Waals surface area contributed by atoms with E-state index in [9.17, 15) is 10.1 Å². The molecule has 0 bridgehead atoms. The van der Waals surface area contributed by atoms with Crippen LogP contribution in [0.25, 0.3) is 0 Å². The van der Waals surface area contributed by atoms with Crippen molar-refractivity contribution in [2.24, 2.45) is 0 Å². The second-order valence-corrected chi connectivity index (χ2v) is 3.92. The van der Waals surface area contributed by atoms with E-state index in [0.717, 1.165) is 31.5 Å². The van der Waals surface area contributed by atoms with E-state index in [2.05, 4.69) is 17.2 Å². The Kier molecular flexibility index (Phi) is 3.19. The second kappa shape index (κ2) is 4.79. The molecule has 4 nitrogen and oxygen atoms in total. The molecule has 0 spiro atoms. The van der Waals surface area contributed by atoms with Crippen LogP contribution in [0.4, 0.5) is 5.69 Å². The van der Waals surface area contributed by atoms with Crippen LogP contribution in [0.1, 0.15) is 18.4 Å². The third-order valence-electron chi connectivity index (χ3n) is 2.64. The molecule has 1 aliphatic heterocycles. The van der Waals surface area contributed by atoms with Gasteiger partial charge in [0.15, 0.2) is 0 Å². The number of benzene rings is 1. The van der Waals surface area contributed by atoms with Gasteiger partial charge < -0.3 is 4.90 Å². The summed E-state index contributed by atoms with van der Waals surface area (Å²) in [5.41, 5.74) is 1.15. The summed E-state index contributed by atoms with van der Waals surface area (Å²) in [6.07, 6.45) is 6.50. The van der Waals surface area contributed by atoms with E-state index in [1.165, 1.54) is 6.07 Å². The van der Waals surface area contributed by atoms with Crippen molar-refractivity contribution >= 4 is 5.69 Å². The molecule has 0 saturated carbocycles. The molecule has 1 heterocycles. The zero-order valence-corrected chi connectivity index (χ0v) is 9.00. The summed E-state index contributed by atoms with van der Waals surface area (Å²) >= 11 is 0. The van der Waals surface area contributed by atoms with Crippen LogP contribution in [0.5, 0.6) is 0 Å². The van der Waals surface area contributed by atoms with E-state index >= 15 is 0 Å². The third kappa shape index (κ3) is 2.59. The first-order valence-electron chi connectivity index (χ1n) is 5.40. The normalized spacial score (nSPS) is 15.1. The first-order chi connectivity index (χ1) is 7.75. The highest BCUT2D eigenvalue weighted by atomic mass is 16.6. The molecule has 1 aliphatic rings. The number of hydrogen-bond donors (Lipinski definition) is 0. The SMILES string of the molecule is O=[N+]([O-])c1cccc(CN2C=CCCC2)c1. The summed E-state index contributed by atoms with van der Waals surface area (Å²) < 4.78 is 0. The summed E-state index contributed by atoms with van der Waals surface area (Å²) in [4.78, 5) is 12.5. The average Bonchev–Trinajstić information content (AvgIpc) is 2.30. The van der Waals surface area contributed by atoms with Gasteiger partial charge in [-0.1, -0.05) is 18.2 Å². The van der Waals surface area contributed by atoms with Gasteiger partial charge in [-0.2, -0.15) is 0 Å². The number of nitro groups is 1. The number of nitro benzene ring substituents is 1. The van der Waals surface area contributed by atoms with Crippen LogP contribution in [-0.2, 0) is 6.54 Å². The van der Waals surface area contributed by atoms with Crippen molar-refractivity contribution in [2.45, 2.75) is 19.4 Å². The molecule has 0 unspecified atom stereocenters. The number of non-ortho nitro benzene ring substituents is 1. The summed E-state index contributed by atoms with van der Waals surface area (Å²) in [6, 6.07) is 6.83. The topological polar surface area (TPSA) is 46.4 Å². The summed E-state index contributed by atoms with van der Waals surface area (Å²) in [6.45, 7) is 1.78. The van der Waals surface area contributed by atoms with Gasteiger partial charge in [0.05, 0.1) is 4.92 Å². The minimum absolute atomic E-state index is 0.165. The lowest BCUT2D eigenvalue weighted by Gasteiger charge is -2.23. The number of allylic oxidation sites excluding steroid dienone is 1. The zero-order chi connectivity index (χ0) is 11.4. The average molecular weight is 218 g/mol. The van der Waals surface area contributed by atoms with Crippen molar-refractivity contribution in [3.8, 4) is 0 Å². The maximum atomic E-state index is 10.6. The summed E-state index contributed by atoms with van der Waals surface area (Å²) in [7, 11) is 0. The molecule has 4 heteroatoms. The van der Waals surface area contributed by atoms with Gasteiger partial charge in [0, 0.05) is 25.2 Å². The van der Waals surface area contributed by atoms with E-state index in [1.54, 1.807) is 12.1 Å². The van der Waals surface area contributed by atoms with E-state index in [0.29, 0.717) is 0 Å². The molecule has 1 aromatic carbocycles. The highest BCUT2D eigenvalue weighted by Crippen LogP contribution is 2.16. The number of rotatable bonds is 3. The highest BCUT2D eigenvalue weighted by molar-refractivity contribution is 5.34. The Morgan fingerprint density at radius 3 is 3.00 bits per heavy atom. The van der Waals surface area contributed by atoms with Gasteiger partial charge in [-0.3, -0.25) is 10.1 Å². The fourth-order valence-corrected chi connectivity index (χ4v) is 1.85. The van der Waals surface area contributed by atoms with Crippen LogP contribution in [0.15, 0.2) is 36.5 Å². The fourth-order valence-electron chi connectivity index (χ4n) is 1.85. The summed E-state index contributed by atoms with van der Waals surface area (Å²) in [5, 5.41) is 10.6. The van der Waals surface area contributed by atoms with Crippen molar-refractivity contribution < 1.29 is 4.92 Å². The molecule has 1 aromatic rings. The Bertz CT molecular complexity index is 415. The Hall–Kier alpha value is -1.84. The minimum Gasteiger partial charge on any atom is -0.373 e. The van der Waals surface area contributed by atoms with Gasteiger partial charge in [-0.05, 0) is 24.6 Å². The molecule has 0 amide bonds. The first kappa shape index (κ1) is 10.7. The number of nitrogens with zero attached hydrogens (tertiary/aromatic N) is 2. The maximum absolute atomic E-state index is 10.6. The number of hydrogen-bond acceptors (Lipinski definition) is 3. The third-order valence-corrected chi connectivity index (χ3v) is 2.64. The Morgan fingerprint density at radius 1 is 1.44 bits per heavy atom. The first-order valence-corrected chi connectivity index (χ1v) is 5.40. The van der Waals surface area contributed by atoms with Crippen LogP contribution >= 0.6 is 0 Å². The predicted molar refractivity (Wildman–Crippen MR) is 61.9 cm³/mol. The zero-order valence-electron chi connectivity index (χ0n) is 9.00. The van der Waals surface area contributed by atoms with E-state index < -0.39 is 0 Å². The Labute approximate surface area is 94.3 Å². The molecule has 0 radical (unpaired) electrons. The lowest BCUT2D eigenvalue weighted by Crippen LogP contribution is -2.20. The standard InChI is InChI=1S/C12H14N2O2/c15-14(16)12-6-4-5-11(9-12)10-13-7-2-1-3-8-13/h2,4-7,9H,1,3,8,10H2. The largest absolute Gasteiger partial charge is 0.373 e. The molecule has 0 atom stereocenters. The predicted octanol–water partition coefficient (Wildman–Crippen LogP) is 2.70. The molecule has 0 aromatic heterocycles. The molecule has 0 N–H and O–H groups in total. The van der Waals surface area contributed by atoms with Gasteiger partial charge in [0.1, 0.15) is 0 Å². The van der Waals surface area contributed by atoms with Crippen LogP contribution < -0.4 is 0 Å². The molecule has 0 fully saturated rings. The molecule has 84 valence electrons. The molecule has 0 saturated heterocycles. The molecule has 0 aliphatic carbocycles. The van der Waals surface area contributed by atoms with Crippen LogP contribution in [-0.4, -0.2) is 16.4 Å².